The molecule has 1 aromatic rings. The lowest BCUT2D eigenvalue weighted by Crippen LogP contribution is -2.23. The SMILES string of the molecule is CCC(CC(=O)O)Nc1ncc([N+](=O)[O-])c(C)c1Br. The smallest absolute Gasteiger partial charge is 0.305 e. The number of aliphatic carboxylic acids is 1. The zero-order chi connectivity index (χ0) is 14.6. The fourth-order valence-electron chi connectivity index (χ4n) is 1.56. The highest BCUT2D eigenvalue weighted by molar-refractivity contribution is 9.10. The van der Waals surface area contributed by atoms with Crippen molar-refractivity contribution >= 4 is 33.4 Å². The Kier molecular flexibility index (Phi) is 5.22. The Hall–Kier alpha value is -1.70. The van der Waals surface area contributed by atoms with E-state index in [2.05, 4.69) is 26.2 Å². The number of nitrogens with zero attached hydrogens (tertiary/aromatic N) is 2. The number of nitro groups is 1. The molecule has 1 atom stereocenters. The molecular formula is C11H14BrN3O4. The van der Waals surface area contributed by atoms with Crippen LogP contribution in [0.25, 0.3) is 0 Å². The number of hydrogen-bond acceptors (Lipinski definition) is 5. The molecule has 0 spiro atoms. The Labute approximate surface area is 118 Å². The Morgan fingerprint density at radius 2 is 2.32 bits per heavy atom. The van der Waals surface area contributed by atoms with Gasteiger partial charge in [0.05, 0.1) is 15.8 Å². The van der Waals surface area contributed by atoms with Gasteiger partial charge in [-0.2, -0.15) is 0 Å². The van der Waals surface area contributed by atoms with Gasteiger partial charge >= 0.3 is 5.97 Å². The number of halogens is 1. The molecule has 0 amide bonds. The number of carboxylic acids is 1. The van der Waals surface area contributed by atoms with Crippen molar-refractivity contribution in [3.05, 3.63) is 26.3 Å². The van der Waals surface area contributed by atoms with E-state index in [9.17, 15) is 14.9 Å². The summed E-state index contributed by atoms with van der Waals surface area (Å²) in [6.07, 6.45) is 1.73. The molecule has 0 saturated carbocycles. The largest absolute Gasteiger partial charge is 0.481 e. The lowest BCUT2D eigenvalue weighted by Gasteiger charge is -2.17. The monoisotopic (exact) mass is 331 g/mol. The van der Waals surface area contributed by atoms with Gasteiger partial charge in [-0.3, -0.25) is 14.9 Å². The molecule has 1 unspecified atom stereocenters. The number of nitrogens with one attached hydrogen (secondary N) is 1. The van der Waals surface area contributed by atoms with Gasteiger partial charge in [0.15, 0.2) is 0 Å². The number of anilines is 1. The van der Waals surface area contributed by atoms with E-state index in [1.165, 1.54) is 0 Å². The van der Waals surface area contributed by atoms with Gasteiger partial charge in [0, 0.05) is 11.6 Å². The van der Waals surface area contributed by atoms with Crippen molar-refractivity contribution in [1.82, 2.24) is 4.98 Å². The summed E-state index contributed by atoms with van der Waals surface area (Å²) in [5.41, 5.74) is 0.372. The molecule has 0 saturated heterocycles. The topological polar surface area (TPSA) is 105 Å². The van der Waals surface area contributed by atoms with Crippen molar-refractivity contribution in [2.45, 2.75) is 32.7 Å². The summed E-state index contributed by atoms with van der Waals surface area (Å²) in [5.74, 6) is -0.495. The maximum Gasteiger partial charge on any atom is 0.305 e. The number of pyridine rings is 1. The molecule has 0 aliphatic heterocycles. The van der Waals surface area contributed by atoms with Crippen LogP contribution in [0.2, 0.25) is 0 Å². The Morgan fingerprint density at radius 1 is 1.68 bits per heavy atom. The summed E-state index contributed by atoms with van der Waals surface area (Å²) < 4.78 is 0.477. The van der Waals surface area contributed by atoms with Gasteiger partial charge in [-0.25, -0.2) is 4.98 Å². The Bertz CT molecular complexity index is 507. The van der Waals surface area contributed by atoms with Crippen LogP contribution in [0.4, 0.5) is 11.5 Å². The summed E-state index contributed by atoms with van der Waals surface area (Å²) in [6, 6.07) is -0.276. The lowest BCUT2D eigenvalue weighted by atomic mass is 10.1. The van der Waals surface area contributed by atoms with Crippen molar-refractivity contribution in [2.24, 2.45) is 0 Å². The highest BCUT2D eigenvalue weighted by atomic mass is 79.9. The summed E-state index contributed by atoms with van der Waals surface area (Å²) in [6.45, 7) is 3.46. The van der Waals surface area contributed by atoms with Gasteiger partial charge in [0.25, 0.3) is 5.69 Å². The first-order chi connectivity index (χ1) is 8.86. The standard InChI is InChI=1S/C11H14BrN3O4/c1-3-7(4-9(16)17)14-11-10(12)6(2)8(5-13-11)15(18)19/h5,7H,3-4H2,1-2H3,(H,13,14)(H,16,17). The molecule has 0 radical (unpaired) electrons. The van der Waals surface area contributed by atoms with E-state index >= 15 is 0 Å². The normalized spacial score (nSPS) is 11.9. The van der Waals surface area contributed by atoms with Crippen molar-refractivity contribution in [3.8, 4) is 0 Å². The second-order valence-corrected chi connectivity index (χ2v) is 4.83. The third-order valence-electron chi connectivity index (χ3n) is 2.69. The first-order valence-electron chi connectivity index (χ1n) is 5.64. The van der Waals surface area contributed by atoms with Gasteiger partial charge in [-0.05, 0) is 29.3 Å². The quantitative estimate of drug-likeness (QED) is 0.613. The van der Waals surface area contributed by atoms with Gasteiger partial charge in [-0.15, -0.1) is 0 Å². The molecular weight excluding hydrogens is 318 g/mol. The predicted molar refractivity (Wildman–Crippen MR) is 73.3 cm³/mol. The van der Waals surface area contributed by atoms with Crippen LogP contribution in [0.1, 0.15) is 25.3 Å². The van der Waals surface area contributed by atoms with E-state index in [4.69, 9.17) is 5.11 Å². The van der Waals surface area contributed by atoms with Gasteiger partial charge < -0.3 is 10.4 Å². The summed E-state index contributed by atoms with van der Waals surface area (Å²) in [5, 5.41) is 22.5. The molecule has 2 N–H and O–H groups in total. The maximum absolute atomic E-state index is 10.8. The summed E-state index contributed by atoms with van der Waals surface area (Å²) >= 11 is 3.25. The van der Waals surface area contributed by atoms with Crippen molar-refractivity contribution in [1.29, 1.82) is 0 Å². The fraction of sp³-hybridized carbons (Fsp3) is 0.455. The van der Waals surface area contributed by atoms with Crippen LogP contribution in [0.5, 0.6) is 0 Å². The minimum absolute atomic E-state index is 0.0410. The summed E-state index contributed by atoms with van der Waals surface area (Å²) in [4.78, 5) is 24.9. The van der Waals surface area contributed by atoms with E-state index in [0.717, 1.165) is 6.20 Å². The Morgan fingerprint density at radius 3 is 2.79 bits per heavy atom. The second-order valence-electron chi connectivity index (χ2n) is 4.04. The van der Waals surface area contributed by atoms with E-state index < -0.39 is 10.9 Å². The highest BCUT2D eigenvalue weighted by Gasteiger charge is 2.19. The third-order valence-corrected chi connectivity index (χ3v) is 3.66. The molecule has 0 aliphatic rings. The average molecular weight is 332 g/mol. The van der Waals surface area contributed by atoms with Crippen LogP contribution in [-0.2, 0) is 4.79 Å². The zero-order valence-electron chi connectivity index (χ0n) is 10.5. The van der Waals surface area contributed by atoms with Crippen molar-refractivity contribution in [2.75, 3.05) is 5.32 Å². The van der Waals surface area contributed by atoms with Crippen molar-refractivity contribution < 1.29 is 14.8 Å². The first-order valence-corrected chi connectivity index (χ1v) is 6.43. The molecule has 8 heteroatoms. The zero-order valence-corrected chi connectivity index (χ0v) is 12.1. The summed E-state index contributed by atoms with van der Waals surface area (Å²) in [7, 11) is 0. The molecule has 0 bridgehead atoms. The number of hydrogen-bond donors (Lipinski definition) is 2. The van der Waals surface area contributed by atoms with Crippen LogP contribution in [-0.4, -0.2) is 27.0 Å². The van der Waals surface area contributed by atoms with Crippen LogP contribution < -0.4 is 5.32 Å². The van der Waals surface area contributed by atoms with Gasteiger partial charge in [0.1, 0.15) is 12.0 Å². The molecule has 1 rings (SSSR count). The average Bonchev–Trinajstić information content (AvgIpc) is 2.33. The van der Waals surface area contributed by atoms with E-state index in [0.29, 0.717) is 22.3 Å². The minimum Gasteiger partial charge on any atom is -0.481 e. The molecule has 1 heterocycles. The molecule has 104 valence electrons. The second kappa shape index (κ2) is 6.46. The molecule has 0 fully saturated rings. The van der Waals surface area contributed by atoms with Crippen LogP contribution in [0.15, 0.2) is 10.7 Å². The van der Waals surface area contributed by atoms with E-state index in [1.807, 2.05) is 6.92 Å². The number of aromatic nitrogens is 1. The lowest BCUT2D eigenvalue weighted by molar-refractivity contribution is -0.385. The molecule has 1 aromatic heterocycles. The third kappa shape index (κ3) is 3.88. The molecule has 19 heavy (non-hydrogen) atoms. The van der Waals surface area contributed by atoms with Crippen LogP contribution >= 0.6 is 15.9 Å². The van der Waals surface area contributed by atoms with Crippen LogP contribution in [0.3, 0.4) is 0 Å². The number of carbonyl (C=O) groups is 1. The van der Waals surface area contributed by atoms with Gasteiger partial charge in [-0.1, -0.05) is 6.92 Å². The number of carboxylic acid groups (broad SMARTS) is 1. The Balaban J connectivity index is 2.99. The first kappa shape index (κ1) is 15.4. The maximum atomic E-state index is 10.8. The van der Waals surface area contributed by atoms with Gasteiger partial charge in [0.2, 0.25) is 0 Å². The van der Waals surface area contributed by atoms with Crippen molar-refractivity contribution in [3.63, 3.8) is 0 Å². The predicted octanol–water partition coefficient (Wildman–Crippen LogP) is 2.73. The highest BCUT2D eigenvalue weighted by Crippen LogP contribution is 2.31. The minimum atomic E-state index is -0.908. The van der Waals surface area contributed by atoms with E-state index in [-0.39, 0.29) is 18.2 Å². The fourth-order valence-corrected chi connectivity index (χ4v) is 1.98. The molecule has 0 aromatic carbocycles. The molecule has 0 aliphatic carbocycles. The molecule has 7 nitrogen and oxygen atoms in total. The number of rotatable bonds is 6. The van der Waals surface area contributed by atoms with E-state index in [1.54, 1.807) is 6.92 Å². The van der Waals surface area contributed by atoms with Crippen LogP contribution in [0, 0.1) is 17.0 Å².